The normalized spacial score (nSPS) is 12.9. The van der Waals surface area contributed by atoms with Crippen LogP contribution in [-0.4, -0.2) is 34.9 Å². The zero-order valence-corrected chi connectivity index (χ0v) is 16.7. The summed E-state index contributed by atoms with van der Waals surface area (Å²) in [6.45, 7) is 9.36. The van der Waals surface area contributed by atoms with Gasteiger partial charge in [0.1, 0.15) is 11.6 Å². The number of nitrogens with zero attached hydrogens (tertiary/aromatic N) is 3. The van der Waals surface area contributed by atoms with Crippen LogP contribution >= 0.6 is 0 Å². The molecule has 2 aromatic rings. The van der Waals surface area contributed by atoms with E-state index in [1.165, 1.54) is 17.7 Å². The van der Waals surface area contributed by atoms with Crippen molar-refractivity contribution in [2.75, 3.05) is 13.1 Å². The van der Waals surface area contributed by atoms with Gasteiger partial charge in [0.05, 0.1) is 5.69 Å². The van der Waals surface area contributed by atoms with Crippen LogP contribution in [0.25, 0.3) is 0 Å². The third-order valence-corrected chi connectivity index (χ3v) is 4.49. The summed E-state index contributed by atoms with van der Waals surface area (Å²) < 4.78 is 28.4. The molecule has 1 unspecified atom stereocenters. The van der Waals surface area contributed by atoms with Crippen molar-refractivity contribution in [2.24, 2.45) is 12.0 Å². The molecule has 1 atom stereocenters. The summed E-state index contributed by atoms with van der Waals surface area (Å²) in [5, 5.41) is 11.1. The maximum atomic E-state index is 13.3. The summed E-state index contributed by atoms with van der Waals surface area (Å²) in [5.41, 5.74) is 4.04. The molecule has 0 bridgehead atoms. The molecule has 148 valence electrons. The maximum Gasteiger partial charge on any atom is 0.191 e. The predicted molar refractivity (Wildman–Crippen MR) is 105 cm³/mol. The Labute approximate surface area is 159 Å². The van der Waals surface area contributed by atoms with Gasteiger partial charge >= 0.3 is 0 Å². The first-order chi connectivity index (χ1) is 12.8. The van der Waals surface area contributed by atoms with Gasteiger partial charge in [0.25, 0.3) is 0 Å². The molecule has 1 aromatic heterocycles. The molecule has 0 saturated heterocycles. The van der Waals surface area contributed by atoms with E-state index >= 15 is 0 Å². The summed E-state index contributed by atoms with van der Waals surface area (Å²) in [6.07, 6.45) is 1.31. The minimum Gasteiger partial charge on any atom is -0.357 e. The number of hydrogen-bond acceptors (Lipinski definition) is 2. The highest BCUT2D eigenvalue weighted by atomic mass is 19.1. The Morgan fingerprint density at radius 3 is 2.44 bits per heavy atom. The minimum atomic E-state index is -0.560. The summed E-state index contributed by atoms with van der Waals surface area (Å²) in [4.78, 5) is 4.53. The summed E-state index contributed by atoms with van der Waals surface area (Å²) in [6, 6.07) is 3.73. The molecule has 0 spiro atoms. The van der Waals surface area contributed by atoms with E-state index in [-0.39, 0.29) is 6.04 Å². The van der Waals surface area contributed by atoms with Gasteiger partial charge in [-0.2, -0.15) is 5.10 Å². The Balaban J connectivity index is 1.97. The highest BCUT2D eigenvalue weighted by Crippen LogP contribution is 2.14. The van der Waals surface area contributed by atoms with Gasteiger partial charge in [0, 0.05) is 37.9 Å². The van der Waals surface area contributed by atoms with Gasteiger partial charge in [-0.05, 0) is 63.8 Å². The van der Waals surface area contributed by atoms with Gasteiger partial charge in [-0.25, -0.2) is 8.78 Å². The number of aliphatic imine (C=N–C) groups is 1. The van der Waals surface area contributed by atoms with Gasteiger partial charge in [0.15, 0.2) is 5.96 Å². The fraction of sp³-hybridized carbons (Fsp3) is 0.500. The van der Waals surface area contributed by atoms with E-state index in [4.69, 9.17) is 0 Å². The first-order valence-electron chi connectivity index (χ1n) is 9.29. The Bertz CT molecular complexity index is 778. The van der Waals surface area contributed by atoms with Gasteiger partial charge < -0.3 is 10.6 Å². The number of rotatable bonds is 7. The van der Waals surface area contributed by atoms with Crippen LogP contribution in [0.15, 0.2) is 23.2 Å². The molecule has 0 aliphatic carbocycles. The average Bonchev–Trinajstić information content (AvgIpc) is 2.80. The fourth-order valence-electron chi connectivity index (χ4n) is 3.08. The lowest BCUT2D eigenvalue weighted by molar-refractivity contribution is 0.579. The Morgan fingerprint density at radius 1 is 1.22 bits per heavy atom. The largest absolute Gasteiger partial charge is 0.357 e. The Kier molecular flexibility index (Phi) is 7.33. The van der Waals surface area contributed by atoms with Crippen LogP contribution in [0.4, 0.5) is 8.78 Å². The molecule has 0 saturated carbocycles. The summed E-state index contributed by atoms with van der Waals surface area (Å²) in [5.74, 6) is -0.425. The molecular weight excluding hydrogens is 348 g/mol. The molecule has 0 amide bonds. The molecule has 1 heterocycles. The summed E-state index contributed by atoms with van der Waals surface area (Å²) in [7, 11) is 1.95. The second-order valence-electron chi connectivity index (χ2n) is 6.81. The number of guanidine groups is 1. The van der Waals surface area contributed by atoms with E-state index in [0.717, 1.165) is 30.4 Å². The van der Waals surface area contributed by atoms with Crippen molar-refractivity contribution in [3.05, 3.63) is 52.3 Å². The van der Waals surface area contributed by atoms with Gasteiger partial charge in [-0.1, -0.05) is 0 Å². The highest BCUT2D eigenvalue weighted by molar-refractivity contribution is 5.80. The van der Waals surface area contributed by atoms with Gasteiger partial charge in [0.2, 0.25) is 0 Å². The van der Waals surface area contributed by atoms with E-state index in [2.05, 4.69) is 34.6 Å². The molecule has 7 heteroatoms. The van der Waals surface area contributed by atoms with Crippen LogP contribution in [0.5, 0.6) is 0 Å². The molecule has 0 aliphatic rings. The van der Waals surface area contributed by atoms with Crippen LogP contribution in [0, 0.1) is 25.5 Å². The topological polar surface area (TPSA) is 54.2 Å². The van der Waals surface area contributed by atoms with E-state index in [0.29, 0.717) is 24.5 Å². The van der Waals surface area contributed by atoms with Crippen molar-refractivity contribution in [3.8, 4) is 0 Å². The maximum absolute atomic E-state index is 13.3. The SMILES string of the molecule is CCNC(=NCCc1cc(F)cc(F)c1)NC(C)Cc1c(C)nn(C)c1C. The van der Waals surface area contributed by atoms with Crippen molar-refractivity contribution >= 4 is 5.96 Å². The lowest BCUT2D eigenvalue weighted by atomic mass is 10.1. The molecule has 27 heavy (non-hydrogen) atoms. The van der Waals surface area contributed by atoms with E-state index in [9.17, 15) is 8.78 Å². The molecular formula is C20H29F2N5. The number of aryl methyl sites for hydroxylation is 2. The third kappa shape index (κ3) is 6.05. The van der Waals surface area contributed by atoms with E-state index in [1.54, 1.807) is 0 Å². The minimum absolute atomic E-state index is 0.163. The molecule has 0 radical (unpaired) electrons. The number of hydrogen-bond donors (Lipinski definition) is 2. The molecule has 5 nitrogen and oxygen atoms in total. The van der Waals surface area contributed by atoms with Crippen LogP contribution < -0.4 is 10.6 Å². The predicted octanol–water partition coefficient (Wildman–Crippen LogP) is 3.04. The molecule has 0 fully saturated rings. The van der Waals surface area contributed by atoms with Crippen molar-refractivity contribution in [2.45, 2.75) is 46.6 Å². The van der Waals surface area contributed by atoms with Crippen molar-refractivity contribution in [3.63, 3.8) is 0 Å². The van der Waals surface area contributed by atoms with Crippen molar-refractivity contribution in [1.29, 1.82) is 0 Å². The van der Waals surface area contributed by atoms with Crippen LogP contribution in [0.2, 0.25) is 0 Å². The standard InChI is InChI=1S/C20H29F2N5/c1-6-23-20(24-8-7-16-10-17(21)12-18(22)11-16)25-13(2)9-19-14(3)26-27(5)15(19)4/h10-13H,6-9H2,1-5H3,(H2,23,24,25). The first-order valence-corrected chi connectivity index (χ1v) is 9.29. The smallest absolute Gasteiger partial charge is 0.191 e. The van der Waals surface area contributed by atoms with Crippen molar-refractivity contribution < 1.29 is 8.78 Å². The molecule has 1 aromatic carbocycles. The van der Waals surface area contributed by atoms with Crippen molar-refractivity contribution in [1.82, 2.24) is 20.4 Å². The second kappa shape index (κ2) is 9.48. The van der Waals surface area contributed by atoms with Crippen LogP contribution in [0.3, 0.4) is 0 Å². The van der Waals surface area contributed by atoms with E-state index in [1.807, 2.05) is 25.6 Å². The lowest BCUT2D eigenvalue weighted by Crippen LogP contribution is -2.43. The zero-order chi connectivity index (χ0) is 20.0. The summed E-state index contributed by atoms with van der Waals surface area (Å²) >= 11 is 0. The Hall–Kier alpha value is -2.44. The highest BCUT2D eigenvalue weighted by Gasteiger charge is 2.14. The molecule has 0 aliphatic heterocycles. The van der Waals surface area contributed by atoms with Crippen LogP contribution in [-0.2, 0) is 19.9 Å². The van der Waals surface area contributed by atoms with Gasteiger partial charge in [-0.3, -0.25) is 9.67 Å². The quantitative estimate of drug-likeness (QED) is 0.576. The first kappa shape index (κ1) is 20.9. The molecule has 2 rings (SSSR count). The average molecular weight is 377 g/mol. The lowest BCUT2D eigenvalue weighted by Gasteiger charge is -2.18. The second-order valence-corrected chi connectivity index (χ2v) is 6.81. The number of nitrogens with one attached hydrogen (secondary N) is 2. The number of benzene rings is 1. The Morgan fingerprint density at radius 2 is 1.89 bits per heavy atom. The molecule has 2 N–H and O–H groups in total. The number of aromatic nitrogens is 2. The van der Waals surface area contributed by atoms with E-state index < -0.39 is 11.6 Å². The van der Waals surface area contributed by atoms with Crippen LogP contribution in [0.1, 0.15) is 36.4 Å². The third-order valence-electron chi connectivity index (χ3n) is 4.49. The van der Waals surface area contributed by atoms with Gasteiger partial charge in [-0.15, -0.1) is 0 Å². The monoisotopic (exact) mass is 377 g/mol. The fourth-order valence-corrected chi connectivity index (χ4v) is 3.08. The number of halogens is 2. The zero-order valence-electron chi connectivity index (χ0n) is 16.7.